The first-order valence-corrected chi connectivity index (χ1v) is 5.80. The van der Waals surface area contributed by atoms with Crippen LogP contribution in [0.4, 0.5) is 0 Å². The maximum Gasteiger partial charge on any atom is 0.0853 e. The highest BCUT2D eigenvalue weighted by Gasteiger charge is 2.16. The number of aliphatic hydroxyl groups is 1. The molecule has 0 radical (unpaired) electrons. The van der Waals surface area contributed by atoms with Gasteiger partial charge in [0.1, 0.15) is 0 Å². The lowest BCUT2D eigenvalue weighted by Crippen LogP contribution is -2.42. The van der Waals surface area contributed by atoms with Crippen LogP contribution in [0.5, 0.6) is 0 Å². The van der Waals surface area contributed by atoms with Gasteiger partial charge in [0.2, 0.25) is 0 Å². The average molecular weight is 221 g/mol. The Bertz CT molecular complexity index is 343. The molecular weight excluding hydrogens is 202 g/mol. The molecule has 3 N–H and O–H groups in total. The normalized spacial score (nSPS) is 22.2. The van der Waals surface area contributed by atoms with Gasteiger partial charge >= 0.3 is 0 Å². The summed E-state index contributed by atoms with van der Waals surface area (Å²) >= 11 is 0. The van der Waals surface area contributed by atoms with Crippen molar-refractivity contribution in [3.63, 3.8) is 0 Å². The molecule has 0 aromatic carbocycles. The summed E-state index contributed by atoms with van der Waals surface area (Å²) in [6.07, 6.45) is 4.07. The molecule has 1 aliphatic heterocycles. The number of piperidine rings is 1. The van der Waals surface area contributed by atoms with Gasteiger partial charge in [-0.1, -0.05) is 0 Å². The zero-order chi connectivity index (χ0) is 11.4. The monoisotopic (exact) mass is 221 g/mol. The standard InChI is InChI=1S/C12H19N3O/c13-11-2-1-5-15(8-11)7-10-3-4-14-12(6-10)9-16/h3-4,6,11,16H,1-2,5,7-9,13H2/t11-/m1/s1. The Hall–Kier alpha value is -0.970. The molecule has 88 valence electrons. The van der Waals surface area contributed by atoms with E-state index in [4.69, 9.17) is 10.8 Å². The fraction of sp³-hybridized carbons (Fsp3) is 0.583. The van der Waals surface area contributed by atoms with Gasteiger partial charge in [-0.05, 0) is 37.1 Å². The molecule has 2 heterocycles. The highest BCUT2D eigenvalue weighted by Crippen LogP contribution is 2.12. The SMILES string of the molecule is N[C@@H]1CCCN(Cc2ccnc(CO)c2)C1. The summed E-state index contributed by atoms with van der Waals surface area (Å²) in [5.41, 5.74) is 7.88. The molecule has 0 unspecified atom stereocenters. The minimum atomic E-state index is 0.00730. The third kappa shape index (κ3) is 3.01. The van der Waals surface area contributed by atoms with Gasteiger partial charge in [-0.2, -0.15) is 0 Å². The van der Waals surface area contributed by atoms with Gasteiger partial charge in [0, 0.05) is 25.3 Å². The van der Waals surface area contributed by atoms with Crippen molar-refractivity contribution in [1.82, 2.24) is 9.88 Å². The topological polar surface area (TPSA) is 62.4 Å². The van der Waals surface area contributed by atoms with Gasteiger partial charge in [0.15, 0.2) is 0 Å². The van der Waals surface area contributed by atoms with E-state index < -0.39 is 0 Å². The van der Waals surface area contributed by atoms with Crippen molar-refractivity contribution in [2.45, 2.75) is 32.0 Å². The van der Waals surface area contributed by atoms with Crippen LogP contribution in [0.3, 0.4) is 0 Å². The number of pyridine rings is 1. The highest BCUT2D eigenvalue weighted by molar-refractivity contribution is 5.15. The van der Waals surface area contributed by atoms with E-state index in [1.807, 2.05) is 12.1 Å². The van der Waals surface area contributed by atoms with Gasteiger partial charge in [-0.15, -0.1) is 0 Å². The molecular formula is C12H19N3O. The van der Waals surface area contributed by atoms with E-state index in [2.05, 4.69) is 9.88 Å². The lowest BCUT2D eigenvalue weighted by Gasteiger charge is -2.30. The van der Waals surface area contributed by atoms with E-state index in [0.29, 0.717) is 6.04 Å². The van der Waals surface area contributed by atoms with Gasteiger partial charge in [0.05, 0.1) is 12.3 Å². The summed E-state index contributed by atoms with van der Waals surface area (Å²) in [5, 5.41) is 9.01. The summed E-state index contributed by atoms with van der Waals surface area (Å²) in [5.74, 6) is 0. The number of rotatable bonds is 3. The first kappa shape index (κ1) is 11.5. The number of aliphatic hydroxyl groups excluding tert-OH is 1. The van der Waals surface area contributed by atoms with E-state index >= 15 is 0 Å². The molecule has 0 saturated carbocycles. The number of nitrogens with zero attached hydrogens (tertiary/aromatic N) is 2. The van der Waals surface area contributed by atoms with Crippen molar-refractivity contribution < 1.29 is 5.11 Å². The fourth-order valence-corrected chi connectivity index (χ4v) is 2.21. The highest BCUT2D eigenvalue weighted by atomic mass is 16.3. The number of aromatic nitrogens is 1. The van der Waals surface area contributed by atoms with Gasteiger partial charge < -0.3 is 10.8 Å². The Morgan fingerprint density at radius 2 is 2.44 bits per heavy atom. The molecule has 4 nitrogen and oxygen atoms in total. The molecule has 4 heteroatoms. The Balaban J connectivity index is 1.97. The minimum absolute atomic E-state index is 0.00730. The van der Waals surface area contributed by atoms with Crippen LogP contribution in [0.2, 0.25) is 0 Å². The lowest BCUT2D eigenvalue weighted by molar-refractivity contribution is 0.201. The Kier molecular flexibility index (Phi) is 3.88. The maximum atomic E-state index is 9.01. The molecule has 1 atom stereocenters. The third-order valence-electron chi connectivity index (χ3n) is 2.99. The van der Waals surface area contributed by atoms with Crippen LogP contribution in [0.1, 0.15) is 24.1 Å². The van der Waals surface area contributed by atoms with Crippen molar-refractivity contribution in [2.75, 3.05) is 13.1 Å². The van der Waals surface area contributed by atoms with Crippen molar-refractivity contribution in [1.29, 1.82) is 0 Å². The molecule has 0 aliphatic carbocycles. The summed E-state index contributed by atoms with van der Waals surface area (Å²) in [4.78, 5) is 6.44. The van der Waals surface area contributed by atoms with E-state index in [9.17, 15) is 0 Å². The molecule has 0 spiro atoms. The van der Waals surface area contributed by atoms with E-state index in [1.54, 1.807) is 6.20 Å². The Morgan fingerprint density at radius 3 is 3.19 bits per heavy atom. The number of hydrogen-bond donors (Lipinski definition) is 2. The Morgan fingerprint density at radius 1 is 1.56 bits per heavy atom. The minimum Gasteiger partial charge on any atom is -0.390 e. The molecule has 1 fully saturated rings. The smallest absolute Gasteiger partial charge is 0.0853 e. The summed E-state index contributed by atoms with van der Waals surface area (Å²) < 4.78 is 0. The van der Waals surface area contributed by atoms with Gasteiger partial charge in [-0.25, -0.2) is 0 Å². The van der Waals surface area contributed by atoms with Crippen molar-refractivity contribution in [2.24, 2.45) is 5.73 Å². The van der Waals surface area contributed by atoms with Crippen LogP contribution < -0.4 is 5.73 Å². The van der Waals surface area contributed by atoms with Crippen molar-refractivity contribution in [3.05, 3.63) is 29.6 Å². The molecule has 0 bridgehead atoms. The van der Waals surface area contributed by atoms with Crippen LogP contribution in [0.25, 0.3) is 0 Å². The van der Waals surface area contributed by atoms with E-state index in [-0.39, 0.29) is 6.61 Å². The summed E-state index contributed by atoms with van der Waals surface area (Å²) in [6, 6.07) is 4.27. The van der Waals surface area contributed by atoms with Gasteiger partial charge in [-0.3, -0.25) is 9.88 Å². The second kappa shape index (κ2) is 5.39. The maximum absolute atomic E-state index is 9.01. The van der Waals surface area contributed by atoms with E-state index in [0.717, 1.165) is 31.7 Å². The number of likely N-dealkylation sites (tertiary alicyclic amines) is 1. The van der Waals surface area contributed by atoms with E-state index in [1.165, 1.54) is 12.0 Å². The zero-order valence-electron chi connectivity index (χ0n) is 9.47. The van der Waals surface area contributed by atoms with Crippen LogP contribution >= 0.6 is 0 Å². The predicted octanol–water partition coefficient (Wildman–Crippen LogP) is 0.497. The molecule has 1 aromatic rings. The zero-order valence-corrected chi connectivity index (χ0v) is 9.47. The second-order valence-corrected chi connectivity index (χ2v) is 4.45. The number of hydrogen-bond acceptors (Lipinski definition) is 4. The first-order valence-electron chi connectivity index (χ1n) is 5.80. The number of nitrogens with two attached hydrogens (primary N) is 1. The predicted molar refractivity (Wildman–Crippen MR) is 62.6 cm³/mol. The fourth-order valence-electron chi connectivity index (χ4n) is 2.21. The van der Waals surface area contributed by atoms with Crippen LogP contribution in [0.15, 0.2) is 18.3 Å². The van der Waals surface area contributed by atoms with Crippen LogP contribution in [-0.4, -0.2) is 34.1 Å². The Labute approximate surface area is 96.1 Å². The van der Waals surface area contributed by atoms with Crippen molar-refractivity contribution in [3.8, 4) is 0 Å². The quantitative estimate of drug-likeness (QED) is 0.780. The third-order valence-corrected chi connectivity index (χ3v) is 2.99. The molecule has 1 aromatic heterocycles. The summed E-state index contributed by atoms with van der Waals surface area (Å²) in [7, 11) is 0. The molecule has 1 aliphatic rings. The average Bonchev–Trinajstić information content (AvgIpc) is 2.29. The van der Waals surface area contributed by atoms with Gasteiger partial charge in [0.25, 0.3) is 0 Å². The lowest BCUT2D eigenvalue weighted by atomic mass is 10.1. The molecule has 16 heavy (non-hydrogen) atoms. The second-order valence-electron chi connectivity index (χ2n) is 4.45. The summed E-state index contributed by atoms with van der Waals surface area (Å²) in [6.45, 7) is 3.00. The van der Waals surface area contributed by atoms with Crippen molar-refractivity contribution >= 4 is 0 Å². The largest absolute Gasteiger partial charge is 0.390 e. The molecule has 0 amide bonds. The molecule has 1 saturated heterocycles. The first-order chi connectivity index (χ1) is 7.78. The van der Waals surface area contributed by atoms with Crippen LogP contribution in [-0.2, 0) is 13.2 Å². The molecule has 2 rings (SSSR count). The van der Waals surface area contributed by atoms with Crippen LogP contribution in [0, 0.1) is 0 Å².